The van der Waals surface area contributed by atoms with E-state index in [1.54, 1.807) is 0 Å². The van der Waals surface area contributed by atoms with Crippen LogP contribution >= 0.6 is 0 Å². The molecule has 7 atom stereocenters. The maximum atomic E-state index is 8.42. The molecule has 518 valence electrons. The van der Waals surface area contributed by atoms with E-state index in [-0.39, 0.29) is 18.8 Å². The van der Waals surface area contributed by atoms with E-state index in [1.165, 1.54) is 44.9 Å². The molecule has 0 radical (unpaired) electrons. The van der Waals surface area contributed by atoms with Gasteiger partial charge >= 0.3 is 0 Å². The van der Waals surface area contributed by atoms with Gasteiger partial charge in [0.25, 0.3) is 0 Å². The Morgan fingerprint density at radius 1 is 0.272 bits per heavy atom. The molecule has 0 aliphatic heterocycles. The Morgan fingerprint density at radius 3 is 0.446 bits per heavy atom. The number of aromatic nitrogens is 14. The minimum absolute atomic E-state index is 0. The van der Waals surface area contributed by atoms with E-state index in [1.807, 2.05) is 42.5 Å². The molecule has 0 aliphatic rings. The number of allylic oxidation sites excluding steroid dienone is 7. The molecule has 0 saturated carbocycles. The lowest BCUT2D eigenvalue weighted by atomic mass is 10.3. The van der Waals surface area contributed by atoms with E-state index in [9.17, 15) is 0 Å². The Balaban J connectivity index is -0.000000314. The minimum Gasteiger partial charge on any atom is -1.00 e. The summed E-state index contributed by atoms with van der Waals surface area (Å²) in [5, 5.41) is 25.2. The largest absolute Gasteiger partial charge is 1.00 e. The molecule has 0 aromatic carbocycles. The Morgan fingerprint density at radius 2 is 0.370 bits per heavy atom. The Bertz CT molecular complexity index is 2380. The monoisotopic (exact) mass is 1290 g/mol. The summed E-state index contributed by atoms with van der Waals surface area (Å²) in [5.74, 6) is 0. The molecule has 22 heteroatoms. The molecule has 0 aliphatic carbocycles. The lowest BCUT2D eigenvalue weighted by Gasteiger charge is -2.35. The summed E-state index contributed by atoms with van der Waals surface area (Å²) in [4.78, 5) is 0. The van der Waals surface area contributed by atoms with Gasteiger partial charge in [-0.1, -0.05) is 137 Å². The summed E-state index contributed by atoms with van der Waals surface area (Å²) in [6.45, 7) is 63.1. The molecule has 92 heavy (non-hydrogen) atoms. The van der Waals surface area contributed by atoms with Gasteiger partial charge in [-0.25, -0.2) is 63.9 Å². The lowest BCUT2D eigenvalue weighted by molar-refractivity contribution is -0.686. The summed E-state index contributed by atoms with van der Waals surface area (Å²) in [5.41, 5.74) is 0. The van der Waals surface area contributed by atoms with Crippen molar-refractivity contribution in [2.24, 2.45) is 0 Å². The number of rotatable bonds is 28. The van der Waals surface area contributed by atoms with Crippen LogP contribution in [0.15, 0.2) is 220 Å². The first-order valence-corrected chi connectivity index (χ1v) is 31.9. The lowest BCUT2D eigenvalue weighted by Crippen LogP contribution is -3.00. The van der Waals surface area contributed by atoms with E-state index < -0.39 is 7.32 Å². The highest BCUT2D eigenvalue weighted by atomic mass is 19.0. The second kappa shape index (κ2) is 56.1. The SMILES string of the molecule is C=CC[n+]1ccn(C(C)CC)c1.C=CC[n+]1ccn(C(C)CC)c1.C=CC[n+]1ccn(C(C)CC)c1.C=CC[n+]1ccn(C(C)CC)c1.C=CC[n+]1ccn(C(C)CC)c1.C=CC[n+]1ccn(C(C)CC)c1.C=CC[n+]1ccn(C(C)CC)c1.[F-].[F-].[F-].[F-].[O-]B([O-])[O-]. The van der Waals surface area contributed by atoms with Crippen LogP contribution in [0, 0.1) is 0 Å². The first kappa shape index (κ1) is 93.0. The fourth-order valence-corrected chi connectivity index (χ4v) is 7.98. The van der Waals surface area contributed by atoms with Crippen molar-refractivity contribution in [3.8, 4) is 0 Å². The van der Waals surface area contributed by atoms with Gasteiger partial charge < -0.3 is 33.9 Å². The van der Waals surface area contributed by atoms with Crippen LogP contribution < -0.4 is 65.9 Å². The van der Waals surface area contributed by atoms with Crippen molar-refractivity contribution in [1.29, 1.82) is 0 Å². The number of hydrogen-bond acceptors (Lipinski definition) is 3. The van der Waals surface area contributed by atoms with Gasteiger partial charge in [0.05, 0.1) is 42.3 Å². The average molecular weight is 1290 g/mol. The smallest absolute Gasteiger partial charge is 0.244 e. The minimum atomic E-state index is -2.92. The van der Waals surface area contributed by atoms with Crippen molar-refractivity contribution in [2.75, 3.05) is 0 Å². The molecule has 0 amide bonds. The van der Waals surface area contributed by atoms with Gasteiger partial charge in [-0.2, -0.15) is 0 Å². The summed E-state index contributed by atoms with van der Waals surface area (Å²) in [6, 6.07) is 4.16. The second-order valence-corrected chi connectivity index (χ2v) is 22.0. The third kappa shape index (κ3) is 38.9. The van der Waals surface area contributed by atoms with Crippen molar-refractivity contribution in [3.63, 3.8) is 0 Å². The van der Waals surface area contributed by atoms with Crippen LogP contribution in [0.3, 0.4) is 0 Å². The molecule has 0 spiro atoms. The average Bonchev–Trinajstić information content (AvgIpc) is 3.67. The van der Waals surface area contributed by atoms with Gasteiger partial charge in [0.15, 0.2) is 0 Å². The topological polar surface area (TPSA) is 131 Å². The Labute approximate surface area is 552 Å². The molecule has 7 rings (SSSR count). The third-order valence-corrected chi connectivity index (χ3v) is 15.1. The molecule has 7 heterocycles. The number of nitrogens with zero attached hydrogens (tertiary/aromatic N) is 14. The quantitative estimate of drug-likeness (QED) is 0.0235. The molecule has 0 bridgehead atoms. The normalized spacial score (nSPS) is 12.0. The highest BCUT2D eigenvalue weighted by molar-refractivity contribution is 6.24. The molecule has 0 fully saturated rings. The van der Waals surface area contributed by atoms with E-state index in [0.29, 0.717) is 42.3 Å². The van der Waals surface area contributed by atoms with Crippen LogP contribution in [-0.2, 0) is 45.8 Å². The summed E-state index contributed by atoms with van der Waals surface area (Å²) >= 11 is 0. The summed E-state index contributed by atoms with van der Waals surface area (Å²) in [6.07, 6.45) is 65.7. The highest BCUT2D eigenvalue weighted by Gasteiger charge is 2.13. The Kier molecular flexibility index (Phi) is 56.7. The molecule has 7 aromatic heterocycles. The van der Waals surface area contributed by atoms with Crippen molar-refractivity contribution in [2.45, 2.75) is 230 Å². The maximum Gasteiger partial charge on any atom is 0.244 e. The van der Waals surface area contributed by atoms with Crippen LogP contribution in [0.25, 0.3) is 0 Å². The highest BCUT2D eigenvalue weighted by Crippen LogP contribution is 2.11. The van der Waals surface area contributed by atoms with E-state index >= 15 is 0 Å². The third-order valence-electron chi connectivity index (χ3n) is 15.1. The molecule has 7 aromatic rings. The second-order valence-electron chi connectivity index (χ2n) is 22.0. The van der Waals surface area contributed by atoms with Crippen LogP contribution in [0.1, 0.15) is 184 Å². The van der Waals surface area contributed by atoms with Crippen LogP contribution in [0.5, 0.6) is 0 Å². The molecule has 0 N–H and O–H groups in total. The van der Waals surface area contributed by atoms with Gasteiger partial charge in [0.1, 0.15) is 133 Å². The van der Waals surface area contributed by atoms with Crippen molar-refractivity contribution >= 4 is 7.32 Å². The van der Waals surface area contributed by atoms with E-state index in [0.717, 1.165) is 45.8 Å². The predicted octanol–water partition coefficient (Wildman–Crippen LogP) is -2.40. The molecular formula is C70H119BF4N14O3. The fraction of sp³-hybridized carbons (Fsp3) is 0.500. The Hall–Kier alpha value is -7.69. The van der Waals surface area contributed by atoms with Gasteiger partial charge in [0.2, 0.25) is 44.3 Å². The van der Waals surface area contributed by atoms with Gasteiger partial charge in [0, 0.05) is 0 Å². The molecule has 17 nitrogen and oxygen atoms in total. The standard InChI is InChI=1S/7C10H17N2.BO3.4FH/c7*1-4-6-11-7-8-12(9-11)10(3)5-2;2-1(3)4;;;;/h7*4,7-10H,1,5-6H2,2-3H3;;4*1H/q7*+1;-3;;;;/p-4. The van der Waals surface area contributed by atoms with Crippen LogP contribution in [0.4, 0.5) is 0 Å². The van der Waals surface area contributed by atoms with E-state index in [2.05, 4.69) is 338 Å². The van der Waals surface area contributed by atoms with Crippen molar-refractivity contribution in [3.05, 3.63) is 220 Å². The van der Waals surface area contributed by atoms with Crippen LogP contribution in [0.2, 0.25) is 0 Å². The zero-order valence-electron chi connectivity index (χ0n) is 58.6. The zero-order valence-corrected chi connectivity index (χ0v) is 58.6. The van der Waals surface area contributed by atoms with Gasteiger partial charge in [-0.05, 0) is 93.4 Å². The molecule has 0 saturated heterocycles. The summed E-state index contributed by atoms with van der Waals surface area (Å²) in [7, 11) is -2.92. The maximum absolute atomic E-state index is 8.42. The zero-order chi connectivity index (χ0) is 66.4. The first-order chi connectivity index (χ1) is 42.2. The number of imidazole rings is 7. The summed E-state index contributed by atoms with van der Waals surface area (Å²) < 4.78 is 30.4. The number of halogens is 4. The molecular weight excluding hydrogens is 1170 g/mol. The first-order valence-electron chi connectivity index (χ1n) is 31.9. The van der Waals surface area contributed by atoms with Crippen molar-refractivity contribution in [1.82, 2.24) is 32.0 Å². The fourth-order valence-electron chi connectivity index (χ4n) is 7.98. The van der Waals surface area contributed by atoms with E-state index in [4.69, 9.17) is 15.1 Å². The number of hydrogen-bond donors (Lipinski definition) is 0. The van der Waals surface area contributed by atoms with Crippen molar-refractivity contribution < 1.29 is 65.9 Å². The van der Waals surface area contributed by atoms with Crippen LogP contribution in [-0.4, -0.2) is 39.3 Å². The van der Waals surface area contributed by atoms with Gasteiger partial charge in [-0.15, -0.1) is 0 Å². The van der Waals surface area contributed by atoms with Gasteiger partial charge in [-0.3, -0.25) is 7.32 Å². The predicted molar refractivity (Wildman–Crippen MR) is 355 cm³/mol. The molecule has 7 unspecified atom stereocenters.